The van der Waals surface area contributed by atoms with E-state index in [1.165, 1.54) is 9.80 Å². The molecule has 2 heterocycles. The summed E-state index contributed by atoms with van der Waals surface area (Å²) in [6.45, 7) is 1.64. The summed E-state index contributed by atoms with van der Waals surface area (Å²) in [5.74, 6) is -1.20. The first-order valence-electron chi connectivity index (χ1n) is 9.64. The summed E-state index contributed by atoms with van der Waals surface area (Å²) in [4.78, 5) is 54.7. The van der Waals surface area contributed by atoms with Crippen LogP contribution in [0.2, 0.25) is 0 Å². The fourth-order valence-corrected chi connectivity index (χ4v) is 4.18. The molecule has 2 N–H and O–H groups in total. The van der Waals surface area contributed by atoms with Crippen molar-refractivity contribution in [2.45, 2.75) is 25.4 Å². The summed E-state index contributed by atoms with van der Waals surface area (Å²) in [7, 11) is 1.60. The summed E-state index contributed by atoms with van der Waals surface area (Å²) < 4.78 is 0. The Hall–Kier alpha value is -3.68. The highest BCUT2D eigenvalue weighted by Crippen LogP contribution is 2.43. The molecular weight excluding hydrogens is 384 g/mol. The normalized spacial score (nSPS) is 20.1. The maximum atomic E-state index is 13.3. The van der Waals surface area contributed by atoms with E-state index in [-0.39, 0.29) is 24.3 Å². The second-order valence-corrected chi connectivity index (χ2v) is 7.72. The second-order valence-electron chi connectivity index (χ2n) is 7.72. The molecule has 2 aromatic carbocycles. The zero-order valence-electron chi connectivity index (χ0n) is 16.8. The summed E-state index contributed by atoms with van der Waals surface area (Å²) >= 11 is 0. The van der Waals surface area contributed by atoms with Crippen LogP contribution in [0.25, 0.3) is 0 Å². The van der Waals surface area contributed by atoms with Crippen LogP contribution in [0.1, 0.15) is 40.5 Å². The zero-order valence-corrected chi connectivity index (χ0v) is 16.8. The van der Waals surface area contributed by atoms with Gasteiger partial charge in [-0.05, 0) is 49.7 Å². The third-order valence-corrected chi connectivity index (χ3v) is 5.95. The molecule has 4 rings (SSSR count). The number of carbonyl (C=O) groups is 4. The molecule has 0 saturated carbocycles. The molecule has 0 radical (unpaired) electrons. The molecule has 2 aromatic rings. The highest BCUT2D eigenvalue weighted by molar-refractivity contribution is 6.11. The number of rotatable bonds is 4. The minimum Gasteiger partial charge on any atom is -0.366 e. The molecule has 2 aliphatic rings. The Bertz CT molecular complexity index is 1070. The van der Waals surface area contributed by atoms with Gasteiger partial charge >= 0.3 is 0 Å². The van der Waals surface area contributed by atoms with Gasteiger partial charge in [-0.15, -0.1) is 0 Å². The predicted molar refractivity (Wildman–Crippen MR) is 111 cm³/mol. The molecule has 4 amide bonds. The van der Waals surface area contributed by atoms with E-state index in [9.17, 15) is 19.2 Å². The van der Waals surface area contributed by atoms with Crippen molar-refractivity contribution in [1.29, 1.82) is 0 Å². The van der Waals surface area contributed by atoms with Crippen LogP contribution in [0, 0.1) is 0 Å². The van der Waals surface area contributed by atoms with Crippen molar-refractivity contribution in [3.05, 3.63) is 59.7 Å². The van der Waals surface area contributed by atoms with Gasteiger partial charge in [0.15, 0.2) is 0 Å². The third-order valence-electron chi connectivity index (χ3n) is 5.95. The molecule has 0 bridgehead atoms. The van der Waals surface area contributed by atoms with Crippen molar-refractivity contribution in [2.75, 3.05) is 23.4 Å². The maximum absolute atomic E-state index is 13.3. The number of fused-ring (bicyclic) bond motifs is 3. The fraction of sp³-hybridized carbons (Fsp3) is 0.273. The predicted octanol–water partition coefficient (Wildman–Crippen LogP) is 1.75. The van der Waals surface area contributed by atoms with E-state index in [1.807, 2.05) is 6.92 Å². The lowest BCUT2D eigenvalue weighted by Gasteiger charge is -2.48. The van der Waals surface area contributed by atoms with Crippen molar-refractivity contribution in [2.24, 2.45) is 5.73 Å². The van der Waals surface area contributed by atoms with E-state index in [0.717, 1.165) is 0 Å². The van der Waals surface area contributed by atoms with Crippen LogP contribution >= 0.6 is 0 Å². The molecule has 1 atom stereocenters. The van der Waals surface area contributed by atoms with E-state index >= 15 is 0 Å². The molecule has 0 aliphatic carbocycles. The quantitative estimate of drug-likeness (QED) is 0.835. The van der Waals surface area contributed by atoms with Crippen molar-refractivity contribution in [3.63, 3.8) is 0 Å². The van der Waals surface area contributed by atoms with E-state index < -0.39 is 11.6 Å². The molecule has 154 valence electrons. The molecule has 0 aromatic heterocycles. The van der Waals surface area contributed by atoms with Gasteiger partial charge in [0.25, 0.3) is 5.91 Å². The minimum atomic E-state index is -0.894. The second kappa shape index (κ2) is 6.98. The Labute approximate surface area is 173 Å². The molecule has 30 heavy (non-hydrogen) atoms. The SMILES string of the molecule is CN(C(=O)CN1C(=O)c2ccccc2N2C(=O)CCC12C)c1ccc(C(N)=O)cc1. The van der Waals surface area contributed by atoms with Crippen LogP contribution in [-0.4, -0.2) is 47.8 Å². The van der Waals surface area contributed by atoms with Crippen LogP contribution in [0.5, 0.6) is 0 Å². The first kappa shape index (κ1) is 19.6. The first-order valence-corrected chi connectivity index (χ1v) is 9.64. The number of nitrogens with two attached hydrogens (primary N) is 1. The molecular formula is C22H22N4O4. The summed E-state index contributed by atoms with van der Waals surface area (Å²) in [6.07, 6.45) is 0.767. The van der Waals surface area contributed by atoms with Gasteiger partial charge in [-0.2, -0.15) is 0 Å². The summed E-state index contributed by atoms with van der Waals surface area (Å²) in [6, 6.07) is 13.3. The van der Waals surface area contributed by atoms with Crippen LogP contribution in [0.3, 0.4) is 0 Å². The molecule has 1 fully saturated rings. The molecule has 8 nitrogen and oxygen atoms in total. The van der Waals surface area contributed by atoms with Crippen molar-refractivity contribution < 1.29 is 19.2 Å². The molecule has 1 saturated heterocycles. The smallest absolute Gasteiger partial charge is 0.258 e. The van der Waals surface area contributed by atoms with E-state index in [4.69, 9.17) is 5.73 Å². The van der Waals surface area contributed by atoms with Gasteiger partial charge in [-0.1, -0.05) is 12.1 Å². The topological polar surface area (TPSA) is 104 Å². The molecule has 2 aliphatic heterocycles. The minimum absolute atomic E-state index is 0.0645. The van der Waals surface area contributed by atoms with Crippen LogP contribution in [0.15, 0.2) is 48.5 Å². The molecule has 0 spiro atoms. The van der Waals surface area contributed by atoms with Crippen molar-refractivity contribution in [1.82, 2.24) is 4.90 Å². The number of benzene rings is 2. The average molecular weight is 406 g/mol. The Morgan fingerprint density at radius 2 is 1.77 bits per heavy atom. The first-order chi connectivity index (χ1) is 14.2. The third kappa shape index (κ3) is 2.92. The van der Waals surface area contributed by atoms with Gasteiger partial charge in [0.2, 0.25) is 17.7 Å². The van der Waals surface area contributed by atoms with E-state index in [0.29, 0.717) is 35.3 Å². The number of likely N-dealkylation sites (N-methyl/N-ethyl adjacent to an activating group) is 1. The molecule has 1 unspecified atom stereocenters. The zero-order chi connectivity index (χ0) is 21.6. The fourth-order valence-electron chi connectivity index (χ4n) is 4.18. The number of hydrogen-bond donors (Lipinski definition) is 1. The highest BCUT2D eigenvalue weighted by Gasteiger charge is 2.53. The van der Waals surface area contributed by atoms with Crippen LogP contribution in [-0.2, 0) is 9.59 Å². The number of primary amides is 1. The van der Waals surface area contributed by atoms with Crippen LogP contribution < -0.4 is 15.5 Å². The summed E-state index contributed by atoms with van der Waals surface area (Å²) in [5.41, 5.74) is 6.27. The Kier molecular flexibility index (Phi) is 4.57. The van der Waals surface area contributed by atoms with Crippen molar-refractivity contribution in [3.8, 4) is 0 Å². The van der Waals surface area contributed by atoms with Gasteiger partial charge in [-0.3, -0.25) is 24.1 Å². The summed E-state index contributed by atoms with van der Waals surface area (Å²) in [5, 5.41) is 0. The number of nitrogens with zero attached hydrogens (tertiary/aromatic N) is 3. The van der Waals surface area contributed by atoms with Crippen LogP contribution in [0.4, 0.5) is 11.4 Å². The maximum Gasteiger partial charge on any atom is 0.258 e. The van der Waals surface area contributed by atoms with Gasteiger partial charge in [-0.25, -0.2) is 0 Å². The standard InChI is InChI=1S/C22H22N4O4/c1-22-12-11-18(27)26(22)17-6-4-3-5-16(17)21(30)25(22)13-19(28)24(2)15-9-7-14(8-10-15)20(23)29/h3-10H,11-13H2,1-2H3,(H2,23,29). The van der Waals surface area contributed by atoms with E-state index in [1.54, 1.807) is 60.5 Å². The van der Waals surface area contributed by atoms with Gasteiger partial charge < -0.3 is 15.5 Å². The van der Waals surface area contributed by atoms with Gasteiger partial charge in [0, 0.05) is 24.7 Å². The monoisotopic (exact) mass is 406 g/mol. The largest absolute Gasteiger partial charge is 0.366 e. The lowest BCUT2D eigenvalue weighted by Crippen LogP contribution is -2.64. The Balaban J connectivity index is 1.63. The van der Waals surface area contributed by atoms with Crippen molar-refractivity contribution >= 4 is 35.0 Å². The number of para-hydroxylation sites is 1. The number of carbonyl (C=O) groups excluding carboxylic acids is 4. The highest BCUT2D eigenvalue weighted by atomic mass is 16.2. The number of amides is 4. The van der Waals surface area contributed by atoms with Gasteiger partial charge in [0.1, 0.15) is 12.2 Å². The number of hydrogen-bond acceptors (Lipinski definition) is 4. The van der Waals surface area contributed by atoms with Gasteiger partial charge in [0.05, 0.1) is 11.3 Å². The lowest BCUT2D eigenvalue weighted by molar-refractivity contribution is -0.121. The average Bonchev–Trinajstić information content (AvgIpc) is 3.06. The van der Waals surface area contributed by atoms with E-state index in [2.05, 4.69) is 0 Å². The number of anilines is 2. The lowest BCUT2D eigenvalue weighted by atomic mass is 9.98. The Morgan fingerprint density at radius 3 is 2.43 bits per heavy atom. The Morgan fingerprint density at radius 1 is 1.10 bits per heavy atom. The molecule has 8 heteroatoms.